The van der Waals surface area contributed by atoms with Crippen molar-refractivity contribution in [1.29, 1.82) is 0 Å². The fraction of sp³-hybridized carbons (Fsp3) is 0.316. The van der Waals surface area contributed by atoms with E-state index in [1.54, 1.807) is 36.2 Å². The predicted octanol–water partition coefficient (Wildman–Crippen LogP) is 3.06. The number of carbonyl (C=O) groups is 1. The van der Waals surface area contributed by atoms with Crippen LogP contribution in [0.5, 0.6) is 0 Å². The van der Waals surface area contributed by atoms with Gasteiger partial charge in [0.2, 0.25) is 10.0 Å². The molecule has 1 aliphatic heterocycles. The van der Waals surface area contributed by atoms with Crippen molar-refractivity contribution in [3.8, 4) is 0 Å². The van der Waals surface area contributed by atoms with Crippen LogP contribution in [0, 0.1) is 0 Å². The van der Waals surface area contributed by atoms with Crippen molar-refractivity contribution in [2.45, 2.75) is 19.4 Å². The molecule has 0 spiro atoms. The van der Waals surface area contributed by atoms with E-state index in [1.807, 2.05) is 37.3 Å². The minimum Gasteiger partial charge on any atom is -0.335 e. The molecule has 0 bridgehead atoms. The topological polar surface area (TPSA) is 57.7 Å². The maximum Gasteiger partial charge on any atom is 0.254 e. The monoisotopic (exact) mass is 358 g/mol. The number of sulfonamides is 1. The van der Waals surface area contributed by atoms with Gasteiger partial charge in [0.05, 0.1) is 17.5 Å². The Bertz CT molecular complexity index is 848. The molecule has 0 N–H and O–H groups in total. The molecular weight excluding hydrogens is 336 g/mol. The third-order valence-corrected chi connectivity index (χ3v) is 6.55. The number of anilines is 1. The van der Waals surface area contributed by atoms with Crippen molar-refractivity contribution >= 4 is 21.6 Å². The van der Waals surface area contributed by atoms with Crippen LogP contribution < -0.4 is 4.31 Å². The highest BCUT2D eigenvalue weighted by molar-refractivity contribution is 7.93. The molecule has 2 aromatic rings. The Labute approximate surface area is 148 Å². The Morgan fingerprint density at radius 1 is 1.08 bits per heavy atom. The van der Waals surface area contributed by atoms with Crippen molar-refractivity contribution in [1.82, 2.24) is 4.90 Å². The molecule has 1 heterocycles. The summed E-state index contributed by atoms with van der Waals surface area (Å²) in [5.41, 5.74) is 2.23. The van der Waals surface area contributed by atoms with E-state index in [1.165, 1.54) is 4.31 Å². The number of nitrogens with zero attached hydrogens (tertiary/aromatic N) is 2. The summed E-state index contributed by atoms with van der Waals surface area (Å²) in [6, 6.07) is 16.6. The van der Waals surface area contributed by atoms with Crippen LogP contribution in [0.3, 0.4) is 0 Å². The SMILES string of the molecule is C[C@@H](c1ccccc1)N(C)C(=O)c1ccc(N2CCCS2(=O)=O)cc1. The maximum atomic E-state index is 12.7. The number of benzene rings is 2. The minimum atomic E-state index is -3.20. The van der Waals surface area contributed by atoms with Gasteiger partial charge in [-0.3, -0.25) is 9.10 Å². The second kappa shape index (κ2) is 6.88. The second-order valence-corrected chi connectivity index (χ2v) is 8.30. The lowest BCUT2D eigenvalue weighted by Crippen LogP contribution is -2.30. The van der Waals surface area contributed by atoms with Crippen LogP contribution >= 0.6 is 0 Å². The smallest absolute Gasteiger partial charge is 0.254 e. The molecule has 1 fully saturated rings. The highest BCUT2D eigenvalue weighted by Gasteiger charge is 2.28. The third kappa shape index (κ3) is 3.54. The molecule has 2 aromatic carbocycles. The standard InChI is InChI=1S/C19H22N2O3S/c1-15(16-7-4-3-5-8-16)20(2)19(22)17-9-11-18(12-10-17)21-13-6-14-25(21,23)24/h3-5,7-12,15H,6,13-14H2,1-2H3/t15-/m0/s1. The molecule has 1 aliphatic rings. The first-order chi connectivity index (χ1) is 11.9. The van der Waals surface area contributed by atoms with E-state index >= 15 is 0 Å². The van der Waals surface area contributed by atoms with Gasteiger partial charge in [-0.2, -0.15) is 0 Å². The average molecular weight is 358 g/mol. The molecule has 1 amide bonds. The quantitative estimate of drug-likeness (QED) is 0.844. The zero-order chi connectivity index (χ0) is 18.0. The third-order valence-electron chi connectivity index (χ3n) is 4.68. The van der Waals surface area contributed by atoms with Crippen molar-refractivity contribution < 1.29 is 13.2 Å². The molecule has 3 rings (SSSR count). The molecule has 1 saturated heterocycles. The van der Waals surface area contributed by atoms with Gasteiger partial charge < -0.3 is 4.90 Å². The van der Waals surface area contributed by atoms with Gasteiger partial charge in [0.25, 0.3) is 5.91 Å². The molecule has 132 valence electrons. The van der Waals surface area contributed by atoms with Gasteiger partial charge in [-0.05, 0) is 43.2 Å². The van der Waals surface area contributed by atoms with Crippen LogP contribution in [-0.4, -0.2) is 38.6 Å². The van der Waals surface area contributed by atoms with Crippen LogP contribution in [0.15, 0.2) is 54.6 Å². The van der Waals surface area contributed by atoms with Gasteiger partial charge >= 0.3 is 0 Å². The summed E-state index contributed by atoms with van der Waals surface area (Å²) in [6.07, 6.45) is 0.639. The lowest BCUT2D eigenvalue weighted by molar-refractivity contribution is 0.0742. The van der Waals surface area contributed by atoms with Crippen molar-refractivity contribution in [3.05, 3.63) is 65.7 Å². The van der Waals surface area contributed by atoms with Crippen LogP contribution in [0.2, 0.25) is 0 Å². The fourth-order valence-electron chi connectivity index (χ4n) is 3.03. The zero-order valence-electron chi connectivity index (χ0n) is 14.4. The van der Waals surface area contributed by atoms with E-state index in [9.17, 15) is 13.2 Å². The molecule has 6 heteroatoms. The summed E-state index contributed by atoms with van der Waals surface area (Å²) in [6.45, 7) is 2.49. The lowest BCUT2D eigenvalue weighted by Gasteiger charge is -2.25. The summed E-state index contributed by atoms with van der Waals surface area (Å²) in [5, 5.41) is 0. The number of hydrogen-bond donors (Lipinski definition) is 0. The summed E-state index contributed by atoms with van der Waals surface area (Å²) in [5.74, 6) is 0.0950. The van der Waals surface area contributed by atoms with Gasteiger partial charge in [0.15, 0.2) is 0 Å². The first-order valence-electron chi connectivity index (χ1n) is 8.33. The van der Waals surface area contributed by atoms with Gasteiger partial charge in [0.1, 0.15) is 0 Å². The first kappa shape index (κ1) is 17.5. The van der Waals surface area contributed by atoms with Gasteiger partial charge in [0, 0.05) is 19.2 Å². The Morgan fingerprint density at radius 2 is 1.72 bits per heavy atom. The first-order valence-corrected chi connectivity index (χ1v) is 9.93. The number of hydrogen-bond acceptors (Lipinski definition) is 3. The van der Waals surface area contributed by atoms with Crippen molar-refractivity contribution in [2.75, 3.05) is 23.7 Å². The number of amides is 1. The largest absolute Gasteiger partial charge is 0.335 e. The highest BCUT2D eigenvalue weighted by Crippen LogP contribution is 2.25. The van der Waals surface area contributed by atoms with Gasteiger partial charge in [-0.1, -0.05) is 30.3 Å². The highest BCUT2D eigenvalue weighted by atomic mass is 32.2. The van der Waals surface area contributed by atoms with Crippen LogP contribution in [-0.2, 0) is 10.0 Å². The van der Waals surface area contributed by atoms with Gasteiger partial charge in [-0.15, -0.1) is 0 Å². The summed E-state index contributed by atoms with van der Waals surface area (Å²) in [7, 11) is -1.42. The molecule has 1 atom stereocenters. The van der Waals surface area contributed by atoms with E-state index < -0.39 is 10.0 Å². The molecule has 25 heavy (non-hydrogen) atoms. The van der Waals surface area contributed by atoms with E-state index in [0.29, 0.717) is 24.2 Å². The minimum absolute atomic E-state index is 0.0488. The molecule has 0 radical (unpaired) electrons. The Hall–Kier alpha value is -2.34. The van der Waals surface area contributed by atoms with E-state index in [2.05, 4.69) is 0 Å². The molecule has 0 saturated carbocycles. The molecular formula is C19H22N2O3S. The fourth-order valence-corrected chi connectivity index (χ4v) is 4.60. The maximum absolute atomic E-state index is 12.7. The zero-order valence-corrected chi connectivity index (χ0v) is 15.2. The van der Waals surface area contributed by atoms with Crippen molar-refractivity contribution in [2.24, 2.45) is 0 Å². The average Bonchev–Trinajstić information content (AvgIpc) is 3.00. The Balaban J connectivity index is 1.77. The van der Waals surface area contributed by atoms with E-state index in [-0.39, 0.29) is 17.7 Å². The molecule has 0 aromatic heterocycles. The lowest BCUT2D eigenvalue weighted by atomic mass is 10.1. The number of carbonyl (C=O) groups excluding carboxylic acids is 1. The summed E-state index contributed by atoms with van der Waals surface area (Å²) < 4.78 is 25.4. The predicted molar refractivity (Wildman–Crippen MR) is 99.1 cm³/mol. The summed E-state index contributed by atoms with van der Waals surface area (Å²) in [4.78, 5) is 14.4. The number of rotatable bonds is 4. The van der Waals surface area contributed by atoms with Crippen molar-refractivity contribution in [3.63, 3.8) is 0 Å². The normalized spacial score (nSPS) is 17.3. The van der Waals surface area contributed by atoms with Crippen LogP contribution in [0.25, 0.3) is 0 Å². The van der Waals surface area contributed by atoms with Crippen LogP contribution in [0.4, 0.5) is 5.69 Å². The summed E-state index contributed by atoms with van der Waals surface area (Å²) >= 11 is 0. The Kier molecular flexibility index (Phi) is 4.81. The molecule has 5 nitrogen and oxygen atoms in total. The van der Waals surface area contributed by atoms with Gasteiger partial charge in [-0.25, -0.2) is 8.42 Å². The molecule has 0 aliphatic carbocycles. The Morgan fingerprint density at radius 3 is 2.28 bits per heavy atom. The van der Waals surface area contributed by atoms with E-state index in [0.717, 1.165) is 5.56 Å². The van der Waals surface area contributed by atoms with Crippen LogP contribution in [0.1, 0.15) is 35.3 Å². The van der Waals surface area contributed by atoms with E-state index in [4.69, 9.17) is 0 Å². The second-order valence-electron chi connectivity index (χ2n) is 6.29. The molecule has 0 unspecified atom stereocenters.